The van der Waals surface area contributed by atoms with Gasteiger partial charge in [0.2, 0.25) is 0 Å². The summed E-state index contributed by atoms with van der Waals surface area (Å²) in [6.45, 7) is 0. The Balaban J connectivity index is 1.00. The Hall–Kier alpha value is -6.28. The first-order chi connectivity index (χ1) is 25.3. The smallest absolute Gasteiger partial charge is 0.0433 e. The van der Waals surface area contributed by atoms with Crippen molar-refractivity contribution in [2.75, 3.05) is 0 Å². The Labute approximate surface area is 299 Å². The molecule has 1 heterocycles. The molecule has 0 saturated heterocycles. The average Bonchev–Trinajstić information content (AvgIpc) is 3.60. The van der Waals surface area contributed by atoms with Crippen LogP contribution < -0.4 is 0 Å². The van der Waals surface area contributed by atoms with Crippen molar-refractivity contribution in [3.05, 3.63) is 182 Å². The topological polar surface area (TPSA) is 0 Å². The van der Waals surface area contributed by atoms with Crippen LogP contribution in [0.25, 0.3) is 107 Å². The number of thiophene rings is 1. The number of fused-ring (bicyclic) bond motifs is 14. The van der Waals surface area contributed by atoms with Gasteiger partial charge in [-0.1, -0.05) is 170 Å². The second-order valence-corrected chi connectivity index (χ2v) is 14.6. The van der Waals surface area contributed by atoms with E-state index >= 15 is 0 Å². The van der Waals surface area contributed by atoms with Crippen LogP contribution in [-0.2, 0) is 0 Å². The molecule has 0 amide bonds. The molecule has 0 bridgehead atoms. The van der Waals surface area contributed by atoms with Gasteiger partial charge in [0, 0.05) is 20.2 Å². The predicted molar refractivity (Wildman–Crippen MR) is 223 cm³/mol. The van der Waals surface area contributed by atoms with Gasteiger partial charge in [-0.05, 0) is 99.4 Å². The van der Waals surface area contributed by atoms with Crippen LogP contribution in [0.15, 0.2) is 182 Å². The molecule has 0 nitrogen and oxygen atoms in total. The van der Waals surface area contributed by atoms with Gasteiger partial charge >= 0.3 is 0 Å². The number of hydrogen-bond acceptors (Lipinski definition) is 1. The summed E-state index contributed by atoms with van der Waals surface area (Å²) < 4.78 is 2.69. The molecule has 0 aliphatic carbocycles. The lowest BCUT2D eigenvalue weighted by molar-refractivity contribution is 1.60. The summed E-state index contributed by atoms with van der Waals surface area (Å²) in [5, 5.41) is 15.8. The lowest BCUT2D eigenvalue weighted by Crippen LogP contribution is -1.89. The highest BCUT2D eigenvalue weighted by Crippen LogP contribution is 2.45. The minimum absolute atomic E-state index is 1.22. The van der Waals surface area contributed by atoms with E-state index in [0.717, 1.165) is 0 Å². The molecule has 0 N–H and O–H groups in total. The lowest BCUT2D eigenvalue weighted by atomic mass is 9.86. The molecule has 11 aromatic rings. The second-order valence-electron chi connectivity index (χ2n) is 13.6. The lowest BCUT2D eigenvalue weighted by Gasteiger charge is -2.17. The van der Waals surface area contributed by atoms with Gasteiger partial charge in [-0.15, -0.1) is 11.3 Å². The van der Waals surface area contributed by atoms with Crippen molar-refractivity contribution < 1.29 is 0 Å². The number of hydrogen-bond donors (Lipinski definition) is 0. The van der Waals surface area contributed by atoms with E-state index in [4.69, 9.17) is 0 Å². The summed E-state index contributed by atoms with van der Waals surface area (Å²) in [5.74, 6) is 0. The van der Waals surface area contributed by atoms with Crippen molar-refractivity contribution in [2.24, 2.45) is 0 Å². The molecule has 0 spiro atoms. The van der Waals surface area contributed by atoms with Gasteiger partial charge in [0.25, 0.3) is 0 Å². The van der Waals surface area contributed by atoms with E-state index in [-0.39, 0.29) is 0 Å². The summed E-state index contributed by atoms with van der Waals surface area (Å²) >= 11 is 1.89. The highest BCUT2D eigenvalue weighted by Gasteiger charge is 2.16. The molecule has 0 aliphatic heterocycles. The largest absolute Gasteiger partial charge is 0.135 e. The Bertz CT molecular complexity index is 3160. The van der Waals surface area contributed by atoms with E-state index in [1.807, 2.05) is 11.3 Å². The third kappa shape index (κ3) is 4.32. The first kappa shape index (κ1) is 28.5. The summed E-state index contributed by atoms with van der Waals surface area (Å²) in [5.41, 5.74) is 7.46. The van der Waals surface area contributed by atoms with Crippen LogP contribution >= 0.6 is 11.3 Å². The van der Waals surface area contributed by atoms with E-state index in [1.54, 1.807) is 0 Å². The third-order valence-corrected chi connectivity index (χ3v) is 12.1. The highest BCUT2D eigenvalue weighted by molar-refractivity contribution is 7.26. The van der Waals surface area contributed by atoms with Crippen molar-refractivity contribution in [1.82, 2.24) is 0 Å². The summed E-state index contributed by atoms with van der Waals surface area (Å²) in [7, 11) is 0. The molecule has 0 unspecified atom stereocenters. The van der Waals surface area contributed by atoms with Crippen molar-refractivity contribution in [3.63, 3.8) is 0 Å². The maximum absolute atomic E-state index is 2.40. The molecule has 51 heavy (non-hydrogen) atoms. The van der Waals surface area contributed by atoms with Crippen LogP contribution in [0.4, 0.5) is 0 Å². The van der Waals surface area contributed by atoms with Crippen LogP contribution in [0.5, 0.6) is 0 Å². The fourth-order valence-corrected chi connectivity index (χ4v) is 9.71. The summed E-state index contributed by atoms with van der Waals surface area (Å²) in [6.07, 6.45) is 0. The maximum Gasteiger partial charge on any atom is 0.0433 e. The Morgan fingerprint density at radius 2 is 0.667 bits per heavy atom. The van der Waals surface area contributed by atoms with Gasteiger partial charge in [0.1, 0.15) is 0 Å². The Morgan fingerprint density at radius 1 is 0.255 bits per heavy atom. The maximum atomic E-state index is 2.40. The minimum atomic E-state index is 1.22. The number of benzene rings is 10. The van der Waals surface area contributed by atoms with Crippen LogP contribution in [-0.4, -0.2) is 0 Å². The van der Waals surface area contributed by atoms with Crippen molar-refractivity contribution >= 4 is 85.4 Å². The molecule has 0 fully saturated rings. The van der Waals surface area contributed by atoms with Gasteiger partial charge in [0.15, 0.2) is 0 Å². The molecule has 10 aromatic carbocycles. The van der Waals surface area contributed by atoms with E-state index in [9.17, 15) is 0 Å². The molecule has 236 valence electrons. The van der Waals surface area contributed by atoms with Gasteiger partial charge in [0.05, 0.1) is 0 Å². The normalized spacial score (nSPS) is 11.9. The molecule has 0 aliphatic rings. The summed E-state index contributed by atoms with van der Waals surface area (Å²) in [6, 6.07) is 67.3. The van der Waals surface area contributed by atoms with Crippen LogP contribution in [0.1, 0.15) is 0 Å². The first-order valence-electron chi connectivity index (χ1n) is 17.6. The molecular weight excluding hydrogens is 633 g/mol. The van der Waals surface area contributed by atoms with E-state index < -0.39 is 0 Å². The average molecular weight is 663 g/mol. The number of rotatable bonds is 3. The predicted octanol–water partition coefficient (Wildman–Crippen LogP) is 14.8. The fourth-order valence-electron chi connectivity index (χ4n) is 8.47. The van der Waals surface area contributed by atoms with Gasteiger partial charge in [-0.3, -0.25) is 0 Å². The van der Waals surface area contributed by atoms with Crippen molar-refractivity contribution in [1.29, 1.82) is 0 Å². The van der Waals surface area contributed by atoms with E-state index in [1.165, 1.54) is 107 Å². The fraction of sp³-hybridized carbons (Fsp3) is 0. The van der Waals surface area contributed by atoms with Gasteiger partial charge in [-0.2, -0.15) is 0 Å². The van der Waals surface area contributed by atoms with Gasteiger partial charge < -0.3 is 0 Å². The quantitative estimate of drug-likeness (QED) is 0.165. The monoisotopic (exact) mass is 662 g/mol. The highest BCUT2D eigenvalue weighted by atomic mass is 32.1. The Kier molecular flexibility index (Phi) is 6.22. The van der Waals surface area contributed by atoms with E-state index in [0.29, 0.717) is 0 Å². The molecule has 1 aromatic heterocycles. The zero-order chi connectivity index (χ0) is 33.5. The molecule has 0 atom stereocenters. The van der Waals surface area contributed by atoms with Crippen LogP contribution in [0.3, 0.4) is 0 Å². The van der Waals surface area contributed by atoms with Gasteiger partial charge in [-0.25, -0.2) is 0 Å². The van der Waals surface area contributed by atoms with Crippen molar-refractivity contribution in [3.8, 4) is 33.4 Å². The molecule has 0 saturated carbocycles. The minimum Gasteiger partial charge on any atom is -0.135 e. The molecule has 11 rings (SSSR count). The van der Waals surface area contributed by atoms with Crippen LogP contribution in [0.2, 0.25) is 0 Å². The molecule has 0 radical (unpaired) electrons. The standard InChI is InChI=1S/C50H30S/c1-4-14-41-37(10-1)38-11-2-5-15-42(38)49-44-29-28-35(30-46(44)39-12-3-6-16-43(39)48(41)49)33-22-20-31(21-23-33)32-24-26-34(27-25-32)36-17-9-18-45-40-13-7-8-19-47(40)51-50(36)45/h1-30H. The summed E-state index contributed by atoms with van der Waals surface area (Å²) in [4.78, 5) is 0. The SMILES string of the molecule is c1ccc2c(c1)sc1c(-c3ccc(-c4ccc(-c5ccc6c(c5)c5ccccc5c5c7ccccc7c7ccccc7c65)cc4)cc3)cccc12. The van der Waals surface area contributed by atoms with Crippen molar-refractivity contribution in [2.45, 2.75) is 0 Å². The molecular formula is C50H30S. The molecule has 1 heteroatoms. The van der Waals surface area contributed by atoms with E-state index in [2.05, 4.69) is 182 Å². The van der Waals surface area contributed by atoms with Crippen LogP contribution in [0, 0.1) is 0 Å². The second kappa shape index (κ2) is 11.1. The first-order valence-corrected chi connectivity index (χ1v) is 18.4. The third-order valence-electron chi connectivity index (χ3n) is 10.9. The zero-order valence-electron chi connectivity index (χ0n) is 27.7. The Morgan fingerprint density at radius 3 is 1.25 bits per heavy atom. The zero-order valence-corrected chi connectivity index (χ0v) is 28.5.